The number of anilines is 1. The number of fused-ring (bicyclic) bond motifs is 1. The van der Waals surface area contributed by atoms with Crippen molar-refractivity contribution in [2.24, 2.45) is 0 Å². The summed E-state index contributed by atoms with van der Waals surface area (Å²) < 4.78 is 1.80. The van der Waals surface area contributed by atoms with Crippen LogP contribution < -0.4 is 5.32 Å². The number of nitrogens with one attached hydrogen (secondary N) is 1. The summed E-state index contributed by atoms with van der Waals surface area (Å²) >= 11 is 1.75. The monoisotopic (exact) mass is 363 g/mol. The molecule has 0 saturated carbocycles. The average Bonchev–Trinajstić information content (AvgIpc) is 3.29. The van der Waals surface area contributed by atoms with Crippen molar-refractivity contribution in [2.45, 2.75) is 33.2 Å². The standard InChI is InChI=1S/C20H21N5S/c1-13(2)17-12-22-25-19(17)23-14(3)24-20(25)21-11-15-7-4-5-8-16(15)18-9-6-10-26-18/h4-10,12-13H,11H2,1-3H3,(H,21,23,24). The topological polar surface area (TPSA) is 55.1 Å². The molecule has 0 aliphatic heterocycles. The normalized spacial score (nSPS) is 11.4. The van der Waals surface area contributed by atoms with Gasteiger partial charge in [-0.05, 0) is 35.4 Å². The molecule has 132 valence electrons. The molecule has 0 atom stereocenters. The van der Waals surface area contributed by atoms with Gasteiger partial charge in [-0.15, -0.1) is 11.3 Å². The smallest absolute Gasteiger partial charge is 0.227 e. The molecule has 0 aliphatic carbocycles. The van der Waals surface area contributed by atoms with E-state index in [-0.39, 0.29) is 0 Å². The Bertz CT molecular complexity index is 1030. The Balaban J connectivity index is 1.68. The van der Waals surface area contributed by atoms with Crippen LogP contribution in [0, 0.1) is 6.92 Å². The second-order valence-electron chi connectivity index (χ2n) is 6.57. The molecular formula is C20H21N5S. The molecule has 0 bridgehead atoms. The number of rotatable bonds is 5. The van der Waals surface area contributed by atoms with Gasteiger partial charge in [-0.3, -0.25) is 0 Å². The fraction of sp³-hybridized carbons (Fsp3) is 0.250. The SMILES string of the molecule is Cc1nc(NCc2ccccc2-c2cccs2)n2ncc(C(C)C)c2n1. The number of hydrogen-bond donors (Lipinski definition) is 1. The third-order valence-electron chi connectivity index (χ3n) is 4.37. The molecule has 3 aromatic heterocycles. The van der Waals surface area contributed by atoms with Crippen LogP contribution in [0.4, 0.5) is 5.95 Å². The van der Waals surface area contributed by atoms with Crippen LogP contribution in [0.15, 0.2) is 48.0 Å². The van der Waals surface area contributed by atoms with Gasteiger partial charge in [0.2, 0.25) is 5.95 Å². The van der Waals surface area contributed by atoms with Gasteiger partial charge in [-0.2, -0.15) is 14.6 Å². The van der Waals surface area contributed by atoms with Crippen molar-refractivity contribution >= 4 is 22.9 Å². The second-order valence-corrected chi connectivity index (χ2v) is 7.52. The van der Waals surface area contributed by atoms with Gasteiger partial charge in [0.05, 0.1) is 6.20 Å². The first-order valence-electron chi connectivity index (χ1n) is 8.71. The zero-order chi connectivity index (χ0) is 18.1. The van der Waals surface area contributed by atoms with E-state index < -0.39 is 0 Å². The van der Waals surface area contributed by atoms with Crippen LogP contribution in [0.2, 0.25) is 0 Å². The highest BCUT2D eigenvalue weighted by atomic mass is 32.1. The summed E-state index contributed by atoms with van der Waals surface area (Å²) in [5, 5.41) is 10.1. The fourth-order valence-electron chi connectivity index (χ4n) is 3.04. The molecule has 1 aromatic carbocycles. The van der Waals surface area contributed by atoms with Gasteiger partial charge in [-0.25, -0.2) is 4.98 Å². The van der Waals surface area contributed by atoms with Gasteiger partial charge in [0.15, 0.2) is 5.65 Å². The van der Waals surface area contributed by atoms with Crippen molar-refractivity contribution in [3.05, 3.63) is 64.9 Å². The largest absolute Gasteiger partial charge is 0.350 e. The first-order chi connectivity index (χ1) is 12.6. The van der Waals surface area contributed by atoms with Crippen molar-refractivity contribution in [1.82, 2.24) is 19.6 Å². The molecule has 6 heteroatoms. The minimum absolute atomic E-state index is 0.370. The summed E-state index contributed by atoms with van der Waals surface area (Å²) in [6.07, 6.45) is 1.89. The lowest BCUT2D eigenvalue weighted by Crippen LogP contribution is -2.10. The lowest BCUT2D eigenvalue weighted by Gasteiger charge is -2.12. The Morgan fingerprint density at radius 1 is 1.12 bits per heavy atom. The molecule has 0 unspecified atom stereocenters. The quantitative estimate of drug-likeness (QED) is 0.548. The van der Waals surface area contributed by atoms with Crippen molar-refractivity contribution in [1.29, 1.82) is 0 Å². The number of hydrogen-bond acceptors (Lipinski definition) is 5. The van der Waals surface area contributed by atoms with Crippen LogP contribution in [-0.2, 0) is 6.54 Å². The molecule has 26 heavy (non-hydrogen) atoms. The molecule has 0 aliphatic rings. The first-order valence-corrected chi connectivity index (χ1v) is 9.59. The van der Waals surface area contributed by atoms with Crippen LogP contribution in [-0.4, -0.2) is 19.6 Å². The molecular weight excluding hydrogens is 342 g/mol. The van der Waals surface area contributed by atoms with E-state index >= 15 is 0 Å². The summed E-state index contributed by atoms with van der Waals surface area (Å²) in [5.74, 6) is 1.84. The van der Waals surface area contributed by atoms with Crippen LogP contribution in [0.3, 0.4) is 0 Å². The summed E-state index contributed by atoms with van der Waals surface area (Å²) in [4.78, 5) is 10.4. The number of benzene rings is 1. The highest BCUT2D eigenvalue weighted by molar-refractivity contribution is 7.13. The zero-order valence-corrected chi connectivity index (χ0v) is 15.9. The van der Waals surface area contributed by atoms with E-state index in [4.69, 9.17) is 0 Å². The molecule has 0 saturated heterocycles. The van der Waals surface area contributed by atoms with E-state index in [1.165, 1.54) is 16.0 Å². The lowest BCUT2D eigenvalue weighted by molar-refractivity contribution is 0.852. The summed E-state index contributed by atoms with van der Waals surface area (Å²) in [6.45, 7) is 6.90. The molecule has 0 radical (unpaired) electrons. The van der Waals surface area contributed by atoms with E-state index in [9.17, 15) is 0 Å². The average molecular weight is 363 g/mol. The lowest BCUT2D eigenvalue weighted by atomic mass is 10.1. The van der Waals surface area contributed by atoms with Crippen molar-refractivity contribution in [2.75, 3.05) is 5.32 Å². The molecule has 0 amide bonds. The maximum atomic E-state index is 4.58. The second kappa shape index (κ2) is 6.88. The van der Waals surface area contributed by atoms with Gasteiger partial charge in [0.1, 0.15) is 5.82 Å². The van der Waals surface area contributed by atoms with Crippen molar-refractivity contribution in [3.8, 4) is 10.4 Å². The predicted octanol–water partition coefficient (Wildman–Crippen LogP) is 4.90. The molecule has 1 N–H and O–H groups in total. The van der Waals surface area contributed by atoms with Gasteiger partial charge in [0.25, 0.3) is 0 Å². The Hall–Kier alpha value is -2.73. The van der Waals surface area contributed by atoms with Gasteiger partial charge < -0.3 is 5.32 Å². The molecule has 0 spiro atoms. The number of nitrogens with zero attached hydrogens (tertiary/aromatic N) is 4. The Kier molecular flexibility index (Phi) is 4.42. The minimum Gasteiger partial charge on any atom is -0.350 e. The van der Waals surface area contributed by atoms with E-state index in [1.54, 1.807) is 15.9 Å². The fourth-order valence-corrected chi connectivity index (χ4v) is 3.83. The summed E-state index contributed by atoms with van der Waals surface area (Å²) in [7, 11) is 0. The third kappa shape index (κ3) is 3.08. The molecule has 0 fully saturated rings. The Morgan fingerprint density at radius 2 is 1.96 bits per heavy atom. The predicted molar refractivity (Wildman–Crippen MR) is 107 cm³/mol. The molecule has 4 aromatic rings. The van der Waals surface area contributed by atoms with Crippen molar-refractivity contribution < 1.29 is 0 Å². The van der Waals surface area contributed by atoms with Gasteiger partial charge >= 0.3 is 0 Å². The molecule has 3 heterocycles. The van der Waals surface area contributed by atoms with Crippen LogP contribution in [0.5, 0.6) is 0 Å². The molecule has 5 nitrogen and oxygen atoms in total. The summed E-state index contributed by atoms with van der Waals surface area (Å²) in [6, 6.07) is 12.7. The van der Waals surface area contributed by atoms with Crippen LogP contribution in [0.25, 0.3) is 16.1 Å². The first kappa shape index (κ1) is 16.7. The van der Waals surface area contributed by atoms with E-state index in [1.807, 2.05) is 13.1 Å². The zero-order valence-electron chi connectivity index (χ0n) is 15.1. The number of aromatic nitrogens is 4. The minimum atomic E-state index is 0.370. The highest BCUT2D eigenvalue weighted by Crippen LogP contribution is 2.28. The maximum absolute atomic E-state index is 4.58. The van der Waals surface area contributed by atoms with E-state index in [0.717, 1.165) is 23.0 Å². The van der Waals surface area contributed by atoms with Gasteiger partial charge in [0, 0.05) is 17.0 Å². The molecule has 4 rings (SSSR count). The third-order valence-corrected chi connectivity index (χ3v) is 5.27. The van der Waals surface area contributed by atoms with Crippen molar-refractivity contribution in [3.63, 3.8) is 0 Å². The Morgan fingerprint density at radius 3 is 2.73 bits per heavy atom. The maximum Gasteiger partial charge on any atom is 0.227 e. The summed E-state index contributed by atoms with van der Waals surface area (Å²) in [5.41, 5.74) is 4.50. The van der Waals surface area contributed by atoms with Crippen LogP contribution >= 0.6 is 11.3 Å². The van der Waals surface area contributed by atoms with Crippen LogP contribution in [0.1, 0.15) is 36.7 Å². The van der Waals surface area contributed by atoms with Gasteiger partial charge in [-0.1, -0.05) is 44.2 Å². The van der Waals surface area contributed by atoms with E-state index in [2.05, 4.69) is 76.0 Å². The van der Waals surface area contributed by atoms with E-state index in [0.29, 0.717) is 12.5 Å². The Labute approximate surface area is 156 Å². The number of aryl methyl sites for hydroxylation is 1. The number of thiophene rings is 1. The highest BCUT2D eigenvalue weighted by Gasteiger charge is 2.14.